The lowest BCUT2D eigenvalue weighted by molar-refractivity contribution is -0.137. The van der Waals surface area contributed by atoms with Gasteiger partial charge in [-0.2, -0.15) is 13.2 Å². The summed E-state index contributed by atoms with van der Waals surface area (Å²) in [6, 6.07) is 15.3. The average molecular weight is 404 g/mol. The summed E-state index contributed by atoms with van der Waals surface area (Å²) in [4.78, 5) is 16.7. The van der Waals surface area contributed by atoms with Gasteiger partial charge in [0.15, 0.2) is 0 Å². The summed E-state index contributed by atoms with van der Waals surface area (Å²) in [6.07, 6.45) is -1.41. The Kier molecular flexibility index (Phi) is 6.96. The quantitative estimate of drug-likeness (QED) is 0.664. The maximum atomic E-state index is 12.9. The second kappa shape index (κ2) is 9.44. The topological polar surface area (TPSA) is 23.6 Å². The van der Waals surface area contributed by atoms with Gasteiger partial charge in [0.1, 0.15) is 0 Å². The number of piperidine rings is 1. The van der Waals surface area contributed by atoms with Crippen LogP contribution in [0, 0.1) is 0 Å². The molecule has 0 radical (unpaired) electrons. The first kappa shape index (κ1) is 21.4. The third-order valence-electron chi connectivity index (χ3n) is 5.53. The molecule has 1 aliphatic heterocycles. The summed E-state index contributed by atoms with van der Waals surface area (Å²) in [6.45, 7) is 4.52. The van der Waals surface area contributed by atoms with E-state index in [0.717, 1.165) is 51.0 Å². The van der Waals surface area contributed by atoms with E-state index in [9.17, 15) is 18.0 Å². The van der Waals surface area contributed by atoms with E-state index >= 15 is 0 Å². The van der Waals surface area contributed by atoms with E-state index in [1.54, 1.807) is 11.8 Å². The van der Waals surface area contributed by atoms with Crippen LogP contribution in [0.1, 0.15) is 37.3 Å². The molecule has 1 saturated heterocycles. The standard InChI is InChI=1S/C23H27F3N2O/c1-2-22(29)28(20-10-8-19(9-11-20)23(24,25)26)21-13-16-27(17-14-21)15-12-18-6-4-3-5-7-18/h3-11,21H,2,12-17H2,1H3. The van der Waals surface area contributed by atoms with Gasteiger partial charge in [0.05, 0.1) is 5.56 Å². The number of benzene rings is 2. The molecule has 1 aliphatic rings. The minimum atomic E-state index is -4.37. The Labute approximate surface area is 170 Å². The monoisotopic (exact) mass is 404 g/mol. The molecule has 1 fully saturated rings. The fourth-order valence-corrected chi connectivity index (χ4v) is 3.87. The molecule has 6 heteroatoms. The van der Waals surface area contributed by atoms with Crippen molar-refractivity contribution >= 4 is 11.6 Å². The normalized spacial score (nSPS) is 16.0. The Bertz CT molecular complexity index is 782. The van der Waals surface area contributed by atoms with Crippen molar-refractivity contribution in [1.82, 2.24) is 4.90 Å². The first-order valence-corrected chi connectivity index (χ1v) is 10.1. The third kappa shape index (κ3) is 5.60. The van der Waals surface area contributed by atoms with E-state index < -0.39 is 11.7 Å². The number of likely N-dealkylation sites (tertiary alicyclic amines) is 1. The van der Waals surface area contributed by atoms with Crippen molar-refractivity contribution in [2.24, 2.45) is 0 Å². The van der Waals surface area contributed by atoms with Crippen LogP contribution < -0.4 is 4.90 Å². The molecule has 1 amide bonds. The number of nitrogens with zero attached hydrogens (tertiary/aromatic N) is 2. The molecule has 0 aromatic heterocycles. The van der Waals surface area contributed by atoms with Gasteiger partial charge in [-0.15, -0.1) is 0 Å². The third-order valence-corrected chi connectivity index (χ3v) is 5.53. The van der Waals surface area contributed by atoms with Gasteiger partial charge in [-0.25, -0.2) is 0 Å². The van der Waals surface area contributed by atoms with Crippen molar-refractivity contribution in [2.45, 2.75) is 44.8 Å². The van der Waals surface area contributed by atoms with Crippen LogP contribution in [0.4, 0.5) is 18.9 Å². The molecule has 29 heavy (non-hydrogen) atoms. The van der Waals surface area contributed by atoms with Crippen LogP contribution in [0.15, 0.2) is 54.6 Å². The number of carbonyl (C=O) groups excluding carboxylic acids is 1. The van der Waals surface area contributed by atoms with E-state index in [2.05, 4.69) is 17.0 Å². The zero-order valence-electron chi connectivity index (χ0n) is 16.7. The van der Waals surface area contributed by atoms with Gasteiger partial charge in [-0.05, 0) is 49.1 Å². The second-order valence-corrected chi connectivity index (χ2v) is 7.47. The first-order valence-electron chi connectivity index (χ1n) is 10.1. The molecule has 3 rings (SSSR count). The molecule has 0 N–H and O–H groups in total. The number of halogens is 3. The highest BCUT2D eigenvalue weighted by Crippen LogP contribution is 2.32. The Balaban J connectivity index is 1.62. The molecule has 0 bridgehead atoms. The zero-order chi connectivity index (χ0) is 20.9. The fraction of sp³-hybridized carbons (Fsp3) is 0.435. The largest absolute Gasteiger partial charge is 0.416 e. The van der Waals surface area contributed by atoms with Crippen LogP contribution in [0.3, 0.4) is 0 Å². The predicted octanol–water partition coefficient (Wildman–Crippen LogP) is 5.16. The molecule has 0 atom stereocenters. The van der Waals surface area contributed by atoms with Crippen LogP contribution in [0.5, 0.6) is 0 Å². The van der Waals surface area contributed by atoms with Crippen molar-refractivity contribution in [1.29, 1.82) is 0 Å². The number of amides is 1. The molecular formula is C23H27F3N2O. The molecule has 0 aliphatic carbocycles. The van der Waals surface area contributed by atoms with Crippen molar-refractivity contribution in [2.75, 3.05) is 24.5 Å². The van der Waals surface area contributed by atoms with Gasteiger partial charge in [-0.1, -0.05) is 37.3 Å². The molecule has 0 spiro atoms. The summed E-state index contributed by atoms with van der Waals surface area (Å²) >= 11 is 0. The predicted molar refractivity (Wildman–Crippen MR) is 109 cm³/mol. The molecular weight excluding hydrogens is 377 g/mol. The van der Waals surface area contributed by atoms with Gasteiger partial charge < -0.3 is 9.80 Å². The highest BCUT2D eigenvalue weighted by molar-refractivity contribution is 5.93. The van der Waals surface area contributed by atoms with Gasteiger partial charge in [0.2, 0.25) is 5.91 Å². The Morgan fingerprint density at radius 3 is 2.21 bits per heavy atom. The second-order valence-electron chi connectivity index (χ2n) is 7.47. The molecule has 2 aromatic carbocycles. The van der Waals surface area contributed by atoms with Crippen LogP contribution >= 0.6 is 0 Å². The number of rotatable bonds is 6. The smallest absolute Gasteiger partial charge is 0.309 e. The number of anilines is 1. The van der Waals surface area contributed by atoms with Crippen LogP contribution in [0.25, 0.3) is 0 Å². The molecule has 156 valence electrons. The maximum absolute atomic E-state index is 12.9. The lowest BCUT2D eigenvalue weighted by Crippen LogP contribution is -2.48. The Morgan fingerprint density at radius 1 is 1.03 bits per heavy atom. The van der Waals surface area contributed by atoms with Crippen LogP contribution in [0.2, 0.25) is 0 Å². The van der Waals surface area contributed by atoms with E-state index in [-0.39, 0.29) is 11.9 Å². The highest BCUT2D eigenvalue weighted by Gasteiger charge is 2.32. The summed E-state index contributed by atoms with van der Waals surface area (Å²) in [5, 5.41) is 0. The highest BCUT2D eigenvalue weighted by atomic mass is 19.4. The summed E-state index contributed by atoms with van der Waals surface area (Å²) in [7, 11) is 0. The summed E-state index contributed by atoms with van der Waals surface area (Å²) < 4.78 is 38.6. The van der Waals surface area contributed by atoms with Crippen LogP contribution in [-0.4, -0.2) is 36.5 Å². The Morgan fingerprint density at radius 2 is 1.66 bits per heavy atom. The van der Waals surface area contributed by atoms with E-state index in [4.69, 9.17) is 0 Å². The van der Waals surface area contributed by atoms with Crippen molar-refractivity contribution < 1.29 is 18.0 Å². The molecule has 0 unspecified atom stereocenters. The van der Waals surface area contributed by atoms with Crippen molar-refractivity contribution in [3.05, 3.63) is 65.7 Å². The maximum Gasteiger partial charge on any atom is 0.416 e. The minimum Gasteiger partial charge on any atom is -0.309 e. The number of alkyl halides is 3. The number of hydrogen-bond donors (Lipinski definition) is 0. The first-order chi connectivity index (χ1) is 13.9. The lowest BCUT2D eigenvalue weighted by Gasteiger charge is -2.38. The van der Waals surface area contributed by atoms with E-state index in [0.29, 0.717) is 12.1 Å². The molecule has 2 aromatic rings. The van der Waals surface area contributed by atoms with E-state index in [1.807, 2.05) is 18.2 Å². The van der Waals surface area contributed by atoms with Crippen LogP contribution in [-0.2, 0) is 17.4 Å². The summed E-state index contributed by atoms with van der Waals surface area (Å²) in [5.74, 6) is -0.0486. The van der Waals surface area contributed by atoms with Gasteiger partial charge in [-0.3, -0.25) is 4.79 Å². The average Bonchev–Trinajstić information content (AvgIpc) is 2.73. The van der Waals surface area contributed by atoms with Gasteiger partial charge in [0.25, 0.3) is 0 Å². The minimum absolute atomic E-state index is 0.0205. The summed E-state index contributed by atoms with van der Waals surface area (Å²) in [5.41, 5.74) is 1.16. The SMILES string of the molecule is CCC(=O)N(c1ccc(C(F)(F)F)cc1)C1CCN(CCc2ccccc2)CC1. The molecule has 0 saturated carbocycles. The fourth-order valence-electron chi connectivity index (χ4n) is 3.87. The van der Waals surface area contributed by atoms with Gasteiger partial charge >= 0.3 is 6.18 Å². The van der Waals surface area contributed by atoms with Gasteiger partial charge in [0, 0.05) is 37.8 Å². The van der Waals surface area contributed by atoms with Crippen molar-refractivity contribution in [3.8, 4) is 0 Å². The number of hydrogen-bond acceptors (Lipinski definition) is 2. The molecule has 1 heterocycles. The lowest BCUT2D eigenvalue weighted by atomic mass is 10.0. The zero-order valence-corrected chi connectivity index (χ0v) is 16.7. The molecule has 3 nitrogen and oxygen atoms in total. The van der Waals surface area contributed by atoms with Crippen molar-refractivity contribution in [3.63, 3.8) is 0 Å². The Hall–Kier alpha value is -2.34. The number of carbonyl (C=O) groups is 1. The van der Waals surface area contributed by atoms with E-state index in [1.165, 1.54) is 17.7 Å².